The van der Waals surface area contributed by atoms with Gasteiger partial charge < -0.3 is 15.2 Å². The zero-order valence-corrected chi connectivity index (χ0v) is 15.4. The smallest absolute Gasteiger partial charge is 0.310 e. The van der Waals surface area contributed by atoms with Crippen molar-refractivity contribution in [3.05, 3.63) is 34.7 Å². The summed E-state index contributed by atoms with van der Waals surface area (Å²) in [6, 6.07) is 8.06. The summed E-state index contributed by atoms with van der Waals surface area (Å²) >= 11 is 1.40. The van der Waals surface area contributed by atoms with Gasteiger partial charge in [-0.2, -0.15) is 0 Å². The molecule has 2 fully saturated rings. The normalized spacial score (nSPS) is 26.8. The van der Waals surface area contributed by atoms with Gasteiger partial charge in [0, 0.05) is 10.4 Å². The second kappa shape index (κ2) is 6.48. The number of nitrogens with one attached hydrogen (secondary N) is 1. The van der Waals surface area contributed by atoms with E-state index in [1.54, 1.807) is 0 Å². The number of carbonyl (C=O) groups is 2. The number of carboxylic acid groups (broad SMARTS) is 1. The Balaban J connectivity index is 1.54. The summed E-state index contributed by atoms with van der Waals surface area (Å²) in [5.74, 6) is -2.70. The van der Waals surface area contributed by atoms with Gasteiger partial charge in [0.15, 0.2) is 5.13 Å². The van der Waals surface area contributed by atoms with Gasteiger partial charge in [0.2, 0.25) is 5.91 Å². The molecule has 4 rings (SSSR count). The zero-order valence-electron chi connectivity index (χ0n) is 14.6. The molecule has 7 heteroatoms. The molecule has 1 aromatic heterocycles. The summed E-state index contributed by atoms with van der Waals surface area (Å²) < 4.78 is 5.67. The first-order valence-corrected chi connectivity index (χ1v) is 9.49. The predicted molar refractivity (Wildman–Crippen MR) is 98.2 cm³/mol. The van der Waals surface area contributed by atoms with Gasteiger partial charge in [0.1, 0.15) is 0 Å². The van der Waals surface area contributed by atoms with Crippen molar-refractivity contribution in [1.82, 2.24) is 4.98 Å². The summed E-state index contributed by atoms with van der Waals surface area (Å²) in [5, 5.41) is 12.8. The Morgan fingerprint density at radius 3 is 2.46 bits per heavy atom. The molecular weight excluding hydrogens is 352 g/mol. The highest BCUT2D eigenvalue weighted by Gasteiger charge is 2.55. The Morgan fingerprint density at radius 1 is 1.15 bits per heavy atom. The van der Waals surface area contributed by atoms with Crippen molar-refractivity contribution in [2.45, 2.75) is 38.9 Å². The molecule has 3 heterocycles. The first-order chi connectivity index (χ1) is 12.4. The summed E-state index contributed by atoms with van der Waals surface area (Å²) in [5.41, 5.74) is 3.01. The van der Waals surface area contributed by atoms with Gasteiger partial charge in [-0.1, -0.05) is 29.8 Å². The average molecular weight is 372 g/mol. The third-order valence-electron chi connectivity index (χ3n) is 5.21. The van der Waals surface area contributed by atoms with Crippen LogP contribution in [0, 0.1) is 25.7 Å². The van der Waals surface area contributed by atoms with Crippen LogP contribution in [0.4, 0.5) is 5.13 Å². The lowest BCUT2D eigenvalue weighted by Gasteiger charge is -2.23. The molecule has 26 heavy (non-hydrogen) atoms. The number of aromatic nitrogens is 1. The van der Waals surface area contributed by atoms with Crippen molar-refractivity contribution in [3.8, 4) is 11.3 Å². The molecule has 6 nitrogen and oxygen atoms in total. The highest BCUT2D eigenvalue weighted by atomic mass is 32.1. The average Bonchev–Trinajstić information content (AvgIpc) is 3.29. The maximum absolute atomic E-state index is 12.7. The second-order valence-electron chi connectivity index (χ2n) is 6.96. The highest BCUT2D eigenvalue weighted by Crippen LogP contribution is 2.44. The lowest BCUT2D eigenvalue weighted by atomic mass is 9.79. The second-order valence-corrected chi connectivity index (χ2v) is 8.16. The fourth-order valence-corrected chi connectivity index (χ4v) is 4.78. The van der Waals surface area contributed by atoms with Crippen LogP contribution in [0.5, 0.6) is 0 Å². The number of amides is 1. The molecular formula is C19H20N2O4S. The summed E-state index contributed by atoms with van der Waals surface area (Å²) in [7, 11) is 0. The molecule has 1 aromatic carbocycles. The van der Waals surface area contributed by atoms with Gasteiger partial charge >= 0.3 is 5.97 Å². The minimum Gasteiger partial charge on any atom is -0.481 e. The molecule has 2 aromatic rings. The molecule has 0 aliphatic carbocycles. The molecule has 0 spiro atoms. The lowest BCUT2D eigenvalue weighted by molar-refractivity contribution is -0.147. The van der Waals surface area contributed by atoms with Crippen molar-refractivity contribution in [2.75, 3.05) is 5.32 Å². The number of fused-ring (bicyclic) bond motifs is 2. The van der Waals surface area contributed by atoms with E-state index in [0.29, 0.717) is 11.6 Å². The molecule has 0 saturated carbocycles. The molecule has 2 bridgehead atoms. The van der Waals surface area contributed by atoms with E-state index in [9.17, 15) is 14.7 Å². The number of nitrogens with zero attached hydrogens (tertiary/aromatic N) is 1. The van der Waals surface area contributed by atoms with Gasteiger partial charge in [-0.05, 0) is 26.7 Å². The van der Waals surface area contributed by atoms with Gasteiger partial charge in [-0.25, -0.2) is 4.98 Å². The third kappa shape index (κ3) is 2.91. The van der Waals surface area contributed by atoms with E-state index >= 15 is 0 Å². The van der Waals surface area contributed by atoms with Crippen LogP contribution in [-0.2, 0) is 14.3 Å². The first-order valence-electron chi connectivity index (χ1n) is 8.67. The van der Waals surface area contributed by atoms with Gasteiger partial charge in [0.25, 0.3) is 0 Å². The van der Waals surface area contributed by atoms with Crippen molar-refractivity contribution in [1.29, 1.82) is 0 Å². The van der Waals surface area contributed by atoms with Crippen molar-refractivity contribution >= 4 is 28.3 Å². The number of anilines is 1. The van der Waals surface area contributed by atoms with E-state index in [-0.39, 0.29) is 18.1 Å². The Bertz CT molecular complexity index is 861. The Labute approximate surface area is 155 Å². The molecule has 136 valence electrons. The number of benzene rings is 1. The predicted octanol–water partition coefficient (Wildman–Crippen LogP) is 3.24. The number of thiazole rings is 1. The monoisotopic (exact) mass is 372 g/mol. The number of hydrogen-bond donors (Lipinski definition) is 2. The largest absolute Gasteiger partial charge is 0.481 e. The number of rotatable bonds is 4. The van der Waals surface area contributed by atoms with E-state index in [1.165, 1.54) is 16.9 Å². The van der Waals surface area contributed by atoms with Crippen molar-refractivity contribution < 1.29 is 19.4 Å². The third-order valence-corrected chi connectivity index (χ3v) is 6.10. The number of hydrogen-bond acceptors (Lipinski definition) is 5. The summed E-state index contributed by atoms with van der Waals surface area (Å²) in [6.07, 6.45) is 0.783. The van der Waals surface area contributed by atoms with Crippen LogP contribution >= 0.6 is 11.3 Å². The number of aryl methyl sites for hydroxylation is 2. The Morgan fingerprint density at radius 2 is 1.81 bits per heavy atom. The van der Waals surface area contributed by atoms with Gasteiger partial charge in [0.05, 0.1) is 29.7 Å². The topological polar surface area (TPSA) is 88.5 Å². The molecule has 0 radical (unpaired) electrons. The van der Waals surface area contributed by atoms with Gasteiger partial charge in [-0.15, -0.1) is 11.3 Å². The lowest BCUT2D eigenvalue weighted by Crippen LogP contribution is -2.40. The van der Waals surface area contributed by atoms with E-state index in [2.05, 4.69) is 10.3 Å². The van der Waals surface area contributed by atoms with Crippen molar-refractivity contribution in [3.63, 3.8) is 0 Å². The fraction of sp³-hybridized carbons (Fsp3) is 0.421. The van der Waals surface area contributed by atoms with Crippen LogP contribution in [0.15, 0.2) is 24.3 Å². The Hall–Kier alpha value is -2.25. The minimum atomic E-state index is -0.965. The van der Waals surface area contributed by atoms with Crippen LogP contribution in [0.25, 0.3) is 11.3 Å². The van der Waals surface area contributed by atoms with E-state index in [0.717, 1.165) is 22.6 Å². The van der Waals surface area contributed by atoms with Crippen LogP contribution in [0.1, 0.15) is 23.3 Å². The molecule has 2 aliphatic heterocycles. The maximum atomic E-state index is 12.7. The van der Waals surface area contributed by atoms with E-state index < -0.39 is 17.8 Å². The zero-order chi connectivity index (χ0) is 18.4. The number of carboxylic acids is 1. The SMILES string of the molecule is Cc1ccc(-c2nc(NC(=O)[C@H]3[C@@H](C(=O)O)[C@H]4CC[C@H]3O4)sc2C)cc1. The standard InChI is InChI=1S/C19H20N2O4S/c1-9-3-5-11(6-4-9)16-10(2)26-19(20-16)21-17(22)14-12-7-8-13(25-12)15(14)18(23)24/h3-6,12-15H,7-8H2,1-2H3,(H,23,24)(H,20,21,22)/t12-,13-,14-,15+/m1/s1. The summed E-state index contributed by atoms with van der Waals surface area (Å²) in [4.78, 5) is 29.8. The van der Waals surface area contributed by atoms with Crippen molar-refractivity contribution in [2.24, 2.45) is 11.8 Å². The fourth-order valence-electron chi connectivity index (χ4n) is 3.94. The molecule has 4 atom stereocenters. The molecule has 2 N–H and O–H groups in total. The number of carbonyl (C=O) groups excluding carboxylic acids is 1. The maximum Gasteiger partial charge on any atom is 0.310 e. The van der Waals surface area contributed by atoms with Crippen LogP contribution < -0.4 is 5.32 Å². The van der Waals surface area contributed by atoms with Crippen LogP contribution in [-0.4, -0.2) is 34.2 Å². The van der Waals surface area contributed by atoms with Crippen LogP contribution in [0.2, 0.25) is 0 Å². The summed E-state index contributed by atoms with van der Waals surface area (Å²) in [6.45, 7) is 3.99. The number of aliphatic carboxylic acids is 1. The number of ether oxygens (including phenoxy) is 1. The van der Waals surface area contributed by atoms with E-state index in [4.69, 9.17) is 4.74 Å². The van der Waals surface area contributed by atoms with E-state index in [1.807, 2.05) is 38.1 Å². The van der Waals surface area contributed by atoms with Gasteiger partial charge in [-0.3, -0.25) is 9.59 Å². The quantitative estimate of drug-likeness (QED) is 0.860. The first kappa shape index (κ1) is 17.2. The molecule has 0 unspecified atom stereocenters. The Kier molecular flexibility index (Phi) is 4.28. The van der Waals surface area contributed by atoms with Crippen LogP contribution in [0.3, 0.4) is 0 Å². The molecule has 1 amide bonds. The minimum absolute atomic E-state index is 0.307. The molecule has 2 aliphatic rings. The molecule has 2 saturated heterocycles. The highest BCUT2D eigenvalue weighted by molar-refractivity contribution is 7.16.